The van der Waals surface area contributed by atoms with Gasteiger partial charge in [0.15, 0.2) is 5.82 Å². The molecule has 2 aromatic carbocycles. The zero-order valence-corrected chi connectivity index (χ0v) is 19.3. The second kappa shape index (κ2) is 7.97. The number of nitrogens with two attached hydrogens (primary N) is 1. The number of aliphatic imine (C=N–C) groups is 1. The van der Waals surface area contributed by atoms with Crippen LogP contribution in [0.3, 0.4) is 0 Å². The third kappa shape index (κ3) is 3.62. The summed E-state index contributed by atoms with van der Waals surface area (Å²) in [6, 6.07) is 15.3. The zero-order chi connectivity index (χ0) is 23.3. The van der Waals surface area contributed by atoms with E-state index in [1.54, 1.807) is 11.3 Å². The van der Waals surface area contributed by atoms with Crippen LogP contribution in [0.1, 0.15) is 45.7 Å². The maximum Gasteiger partial charge on any atom is 0.306 e. The van der Waals surface area contributed by atoms with Crippen molar-refractivity contribution in [2.24, 2.45) is 4.99 Å². The van der Waals surface area contributed by atoms with Crippen LogP contribution < -0.4 is 5.73 Å². The minimum Gasteiger partial charge on any atom is -0.481 e. The van der Waals surface area contributed by atoms with E-state index in [2.05, 4.69) is 36.2 Å². The van der Waals surface area contributed by atoms with Crippen molar-refractivity contribution in [1.82, 2.24) is 14.8 Å². The lowest BCUT2D eigenvalue weighted by Gasteiger charge is -2.11. The molecule has 0 saturated carbocycles. The van der Waals surface area contributed by atoms with Crippen molar-refractivity contribution in [3.05, 3.63) is 81.7 Å². The molecule has 0 aliphatic carbocycles. The van der Waals surface area contributed by atoms with E-state index in [0.29, 0.717) is 5.82 Å². The van der Waals surface area contributed by atoms with E-state index in [1.807, 2.05) is 47.9 Å². The summed E-state index contributed by atoms with van der Waals surface area (Å²) in [4.78, 5) is 17.8. The fourth-order valence-electron chi connectivity index (χ4n) is 4.19. The number of nitrogen functional groups attached to an aromatic ring is 1. The molecule has 5 rings (SSSR count). The van der Waals surface area contributed by atoms with Crippen LogP contribution in [-0.4, -0.2) is 31.6 Å². The number of carboxylic acid groups (broad SMARTS) is 1. The van der Waals surface area contributed by atoms with Gasteiger partial charge in [-0.3, -0.25) is 14.4 Å². The Hall–Kier alpha value is -3.78. The number of hydrogen-bond acceptors (Lipinski definition) is 6. The zero-order valence-electron chi connectivity index (χ0n) is 18.5. The summed E-state index contributed by atoms with van der Waals surface area (Å²) < 4.78 is 1.97. The molecule has 4 aromatic rings. The first-order chi connectivity index (χ1) is 15.8. The van der Waals surface area contributed by atoms with E-state index < -0.39 is 12.0 Å². The van der Waals surface area contributed by atoms with Gasteiger partial charge in [-0.05, 0) is 49.6 Å². The van der Waals surface area contributed by atoms with Crippen LogP contribution in [0.25, 0.3) is 16.1 Å². The van der Waals surface area contributed by atoms with Gasteiger partial charge in [0.2, 0.25) is 0 Å². The molecule has 1 aliphatic heterocycles. The van der Waals surface area contributed by atoms with Crippen molar-refractivity contribution in [3.8, 4) is 16.1 Å². The second-order valence-corrected chi connectivity index (χ2v) is 9.40. The van der Waals surface area contributed by atoms with Crippen LogP contribution in [0.4, 0.5) is 5.69 Å². The standard InChI is InChI=1S/C25H23N5O2S/c1-13-14(2)33-25-22(13)23(27-20(12-21(31)32)24-29-28-15(3)30(24)25)18-6-4-16(5-7-18)17-8-10-19(26)11-9-17/h4-11,20H,12,26H2,1-3H3,(H,31,32)/t20-/m0/s1. The molecule has 166 valence electrons. The number of anilines is 1. The molecule has 0 fully saturated rings. The number of rotatable bonds is 4. The molecule has 0 saturated heterocycles. The number of carboxylic acids is 1. The summed E-state index contributed by atoms with van der Waals surface area (Å²) in [5, 5.41) is 19.1. The van der Waals surface area contributed by atoms with E-state index in [4.69, 9.17) is 10.7 Å². The van der Waals surface area contributed by atoms with Gasteiger partial charge in [-0.25, -0.2) is 0 Å². The van der Waals surface area contributed by atoms with Crippen molar-refractivity contribution in [1.29, 1.82) is 0 Å². The average molecular weight is 458 g/mol. The Balaban J connectivity index is 1.68. The lowest BCUT2D eigenvalue weighted by Crippen LogP contribution is -2.10. The summed E-state index contributed by atoms with van der Waals surface area (Å²) in [5.41, 5.74) is 12.6. The summed E-state index contributed by atoms with van der Waals surface area (Å²) in [7, 11) is 0. The van der Waals surface area contributed by atoms with Gasteiger partial charge in [-0.1, -0.05) is 36.4 Å². The highest BCUT2D eigenvalue weighted by atomic mass is 32.1. The summed E-state index contributed by atoms with van der Waals surface area (Å²) in [6.07, 6.45) is -0.155. The Morgan fingerprint density at radius 2 is 1.61 bits per heavy atom. The number of aromatic nitrogens is 3. The van der Waals surface area contributed by atoms with Gasteiger partial charge in [-0.2, -0.15) is 0 Å². The lowest BCUT2D eigenvalue weighted by molar-refractivity contribution is -0.137. The van der Waals surface area contributed by atoms with Crippen molar-refractivity contribution < 1.29 is 9.90 Å². The number of thiophene rings is 1. The Bertz CT molecular complexity index is 1400. The topological polar surface area (TPSA) is 106 Å². The number of aryl methyl sites for hydroxylation is 2. The molecule has 1 aliphatic rings. The summed E-state index contributed by atoms with van der Waals surface area (Å²) in [6.45, 7) is 6.05. The van der Waals surface area contributed by atoms with E-state index in [9.17, 15) is 9.90 Å². The molecule has 3 heterocycles. The van der Waals surface area contributed by atoms with Gasteiger partial charge in [0.1, 0.15) is 16.9 Å². The van der Waals surface area contributed by atoms with Gasteiger partial charge in [0, 0.05) is 21.7 Å². The van der Waals surface area contributed by atoms with E-state index >= 15 is 0 Å². The van der Waals surface area contributed by atoms with Gasteiger partial charge >= 0.3 is 5.97 Å². The molecule has 2 aromatic heterocycles. The quantitative estimate of drug-likeness (QED) is 0.425. The molecular weight excluding hydrogens is 434 g/mol. The second-order valence-electron chi connectivity index (χ2n) is 8.19. The average Bonchev–Trinajstić information content (AvgIpc) is 3.26. The largest absolute Gasteiger partial charge is 0.481 e. The number of hydrogen-bond donors (Lipinski definition) is 2. The van der Waals surface area contributed by atoms with E-state index in [-0.39, 0.29) is 6.42 Å². The Kier molecular flexibility index (Phi) is 5.09. The first kappa shape index (κ1) is 21.1. The van der Waals surface area contributed by atoms with E-state index in [0.717, 1.165) is 50.0 Å². The molecule has 0 unspecified atom stereocenters. The third-order valence-corrected chi connectivity index (χ3v) is 7.20. The van der Waals surface area contributed by atoms with Gasteiger partial charge in [0.05, 0.1) is 12.1 Å². The highest BCUT2D eigenvalue weighted by Crippen LogP contribution is 2.39. The van der Waals surface area contributed by atoms with E-state index in [1.165, 1.54) is 4.88 Å². The molecule has 0 radical (unpaired) electrons. The Morgan fingerprint density at radius 1 is 1.00 bits per heavy atom. The minimum atomic E-state index is -0.924. The smallest absolute Gasteiger partial charge is 0.306 e. The van der Waals surface area contributed by atoms with Gasteiger partial charge in [-0.15, -0.1) is 21.5 Å². The normalized spacial score (nSPS) is 14.9. The van der Waals surface area contributed by atoms with Crippen molar-refractivity contribution in [2.45, 2.75) is 33.2 Å². The van der Waals surface area contributed by atoms with Crippen molar-refractivity contribution in [3.63, 3.8) is 0 Å². The Morgan fingerprint density at radius 3 is 2.24 bits per heavy atom. The van der Waals surface area contributed by atoms with Crippen molar-refractivity contribution in [2.75, 3.05) is 5.73 Å². The van der Waals surface area contributed by atoms with Crippen LogP contribution in [0, 0.1) is 20.8 Å². The lowest BCUT2D eigenvalue weighted by atomic mass is 9.97. The highest BCUT2D eigenvalue weighted by Gasteiger charge is 2.32. The van der Waals surface area contributed by atoms with Gasteiger partial charge < -0.3 is 10.8 Å². The van der Waals surface area contributed by atoms with Crippen LogP contribution in [-0.2, 0) is 4.79 Å². The van der Waals surface area contributed by atoms with Crippen LogP contribution in [0.5, 0.6) is 0 Å². The van der Waals surface area contributed by atoms with Crippen LogP contribution in [0.15, 0.2) is 53.5 Å². The number of benzene rings is 2. The fourth-order valence-corrected chi connectivity index (χ4v) is 5.40. The molecule has 3 N–H and O–H groups in total. The molecule has 0 bridgehead atoms. The number of aliphatic carboxylic acids is 1. The van der Waals surface area contributed by atoms with Crippen molar-refractivity contribution >= 4 is 28.7 Å². The van der Waals surface area contributed by atoms with Crippen LogP contribution >= 0.6 is 11.3 Å². The molecule has 0 amide bonds. The van der Waals surface area contributed by atoms with Crippen LogP contribution in [0.2, 0.25) is 0 Å². The summed E-state index contributed by atoms with van der Waals surface area (Å²) in [5.74, 6) is 0.357. The number of nitrogens with zero attached hydrogens (tertiary/aromatic N) is 4. The monoisotopic (exact) mass is 457 g/mol. The van der Waals surface area contributed by atoms with Gasteiger partial charge in [0.25, 0.3) is 0 Å². The molecule has 8 heteroatoms. The maximum absolute atomic E-state index is 11.7. The summed E-state index contributed by atoms with van der Waals surface area (Å²) >= 11 is 1.66. The Labute approximate surface area is 195 Å². The molecule has 0 spiro atoms. The predicted octanol–water partition coefficient (Wildman–Crippen LogP) is 4.87. The SMILES string of the molecule is Cc1sc2c(c1C)C(c1ccc(-c3ccc(N)cc3)cc1)=N[C@@H](CC(=O)O)c1nnc(C)n1-2. The fraction of sp³-hybridized carbons (Fsp3) is 0.200. The maximum atomic E-state index is 11.7. The molecule has 33 heavy (non-hydrogen) atoms. The highest BCUT2D eigenvalue weighted by molar-refractivity contribution is 7.15. The first-order valence-corrected chi connectivity index (χ1v) is 11.4. The number of fused-ring (bicyclic) bond motifs is 3. The first-order valence-electron chi connectivity index (χ1n) is 10.6. The molecule has 7 nitrogen and oxygen atoms in total. The molecular formula is C25H23N5O2S. The predicted molar refractivity (Wildman–Crippen MR) is 130 cm³/mol. The third-order valence-electron chi connectivity index (χ3n) is 6.01. The minimum absolute atomic E-state index is 0.155. The molecule has 1 atom stereocenters. The number of carbonyl (C=O) groups is 1.